The Morgan fingerprint density at radius 3 is 2.57 bits per heavy atom. The second-order valence-corrected chi connectivity index (χ2v) is 5.65. The lowest BCUT2D eigenvalue weighted by molar-refractivity contribution is 0.321. The molecular formula is C19H20N2. The highest BCUT2D eigenvalue weighted by molar-refractivity contribution is 5.94. The Kier molecular flexibility index (Phi) is 3.72. The molecule has 0 fully saturated rings. The quantitative estimate of drug-likeness (QED) is 0.699. The first kappa shape index (κ1) is 13.8. The summed E-state index contributed by atoms with van der Waals surface area (Å²) >= 11 is 0. The van der Waals surface area contributed by atoms with Gasteiger partial charge < -0.3 is 4.90 Å². The number of hydrogen-bond donors (Lipinski definition) is 0. The molecule has 0 bridgehead atoms. The third-order valence-electron chi connectivity index (χ3n) is 4.09. The van der Waals surface area contributed by atoms with Crippen LogP contribution in [0.5, 0.6) is 0 Å². The van der Waals surface area contributed by atoms with Crippen molar-refractivity contribution in [3.05, 3.63) is 66.4 Å². The standard InChI is InChI=1S/C19H20N2/c1-14(21(2)3)16-8-6-9-17(13-16)19-18-10-5-4-7-15(18)11-12-20-19/h4-14H,1-3H3. The molecule has 0 saturated heterocycles. The summed E-state index contributed by atoms with van der Waals surface area (Å²) in [4.78, 5) is 6.83. The van der Waals surface area contributed by atoms with E-state index in [2.05, 4.69) is 85.5 Å². The van der Waals surface area contributed by atoms with E-state index in [0.717, 1.165) is 5.69 Å². The number of hydrogen-bond acceptors (Lipinski definition) is 2. The van der Waals surface area contributed by atoms with Crippen LogP contribution < -0.4 is 0 Å². The lowest BCUT2D eigenvalue weighted by Crippen LogP contribution is -2.16. The van der Waals surface area contributed by atoms with Gasteiger partial charge in [0.2, 0.25) is 0 Å². The molecule has 106 valence electrons. The maximum Gasteiger partial charge on any atom is 0.0780 e. The van der Waals surface area contributed by atoms with Gasteiger partial charge in [-0.2, -0.15) is 0 Å². The van der Waals surface area contributed by atoms with Crippen LogP contribution in [-0.4, -0.2) is 24.0 Å². The van der Waals surface area contributed by atoms with Crippen molar-refractivity contribution in [1.82, 2.24) is 9.88 Å². The Morgan fingerprint density at radius 1 is 0.952 bits per heavy atom. The fourth-order valence-electron chi connectivity index (χ4n) is 2.59. The fraction of sp³-hybridized carbons (Fsp3) is 0.211. The minimum atomic E-state index is 0.389. The van der Waals surface area contributed by atoms with Gasteiger partial charge in [-0.25, -0.2) is 0 Å². The molecule has 1 atom stereocenters. The van der Waals surface area contributed by atoms with Gasteiger partial charge in [-0.05, 0) is 44.1 Å². The summed E-state index contributed by atoms with van der Waals surface area (Å²) in [5, 5.41) is 2.43. The van der Waals surface area contributed by atoms with Crippen molar-refractivity contribution in [3.8, 4) is 11.3 Å². The topological polar surface area (TPSA) is 16.1 Å². The lowest BCUT2D eigenvalue weighted by atomic mass is 9.99. The SMILES string of the molecule is CC(c1cccc(-c2nccc3ccccc23)c1)N(C)C. The van der Waals surface area contributed by atoms with Gasteiger partial charge >= 0.3 is 0 Å². The second kappa shape index (κ2) is 5.66. The molecule has 0 spiro atoms. The zero-order valence-corrected chi connectivity index (χ0v) is 12.7. The Bertz CT molecular complexity index is 757. The molecule has 0 saturated carbocycles. The van der Waals surface area contributed by atoms with Gasteiger partial charge in [0.25, 0.3) is 0 Å². The molecular weight excluding hydrogens is 256 g/mol. The van der Waals surface area contributed by atoms with Gasteiger partial charge in [0, 0.05) is 23.2 Å². The van der Waals surface area contributed by atoms with E-state index in [0.29, 0.717) is 6.04 Å². The Hall–Kier alpha value is -2.19. The summed E-state index contributed by atoms with van der Waals surface area (Å²) in [6.07, 6.45) is 1.89. The highest BCUT2D eigenvalue weighted by Gasteiger charge is 2.10. The number of nitrogens with zero attached hydrogens (tertiary/aromatic N) is 2. The predicted molar refractivity (Wildman–Crippen MR) is 89.3 cm³/mol. The van der Waals surface area contributed by atoms with Crippen LogP contribution in [0.1, 0.15) is 18.5 Å². The molecule has 0 aliphatic heterocycles. The van der Waals surface area contributed by atoms with Crippen molar-refractivity contribution in [1.29, 1.82) is 0 Å². The van der Waals surface area contributed by atoms with Crippen LogP contribution in [0.2, 0.25) is 0 Å². The molecule has 2 nitrogen and oxygen atoms in total. The van der Waals surface area contributed by atoms with Crippen LogP contribution in [0.4, 0.5) is 0 Å². The number of aromatic nitrogens is 1. The zero-order valence-electron chi connectivity index (χ0n) is 12.7. The largest absolute Gasteiger partial charge is 0.303 e. The monoisotopic (exact) mass is 276 g/mol. The van der Waals surface area contributed by atoms with Crippen LogP contribution in [0.3, 0.4) is 0 Å². The van der Waals surface area contributed by atoms with E-state index < -0.39 is 0 Å². The maximum atomic E-state index is 4.61. The van der Waals surface area contributed by atoms with Crippen LogP contribution in [0, 0.1) is 0 Å². The van der Waals surface area contributed by atoms with Gasteiger partial charge in [-0.15, -0.1) is 0 Å². The Labute approximate surface area is 126 Å². The van der Waals surface area contributed by atoms with E-state index in [1.165, 1.54) is 21.9 Å². The van der Waals surface area contributed by atoms with Crippen LogP contribution in [-0.2, 0) is 0 Å². The molecule has 1 heterocycles. The Morgan fingerprint density at radius 2 is 1.76 bits per heavy atom. The molecule has 0 aliphatic carbocycles. The molecule has 2 aromatic carbocycles. The van der Waals surface area contributed by atoms with Crippen molar-refractivity contribution < 1.29 is 0 Å². The molecule has 3 aromatic rings. The molecule has 21 heavy (non-hydrogen) atoms. The first-order valence-electron chi connectivity index (χ1n) is 7.27. The summed E-state index contributed by atoms with van der Waals surface area (Å²) in [5.74, 6) is 0. The van der Waals surface area contributed by atoms with E-state index >= 15 is 0 Å². The van der Waals surface area contributed by atoms with Gasteiger partial charge in [-0.1, -0.05) is 42.5 Å². The van der Waals surface area contributed by atoms with E-state index in [-0.39, 0.29) is 0 Å². The highest BCUT2D eigenvalue weighted by Crippen LogP contribution is 2.28. The Balaban J connectivity index is 2.13. The van der Waals surface area contributed by atoms with E-state index in [9.17, 15) is 0 Å². The molecule has 0 radical (unpaired) electrons. The summed E-state index contributed by atoms with van der Waals surface area (Å²) in [5.41, 5.74) is 3.55. The van der Waals surface area contributed by atoms with Gasteiger partial charge in [0.05, 0.1) is 5.69 Å². The third kappa shape index (κ3) is 2.67. The highest BCUT2D eigenvalue weighted by atomic mass is 15.1. The van der Waals surface area contributed by atoms with E-state index in [1.807, 2.05) is 6.20 Å². The minimum absolute atomic E-state index is 0.389. The molecule has 1 aromatic heterocycles. The maximum absolute atomic E-state index is 4.61. The van der Waals surface area contributed by atoms with Crippen LogP contribution in [0.15, 0.2) is 60.8 Å². The van der Waals surface area contributed by atoms with Crippen LogP contribution in [0.25, 0.3) is 22.0 Å². The fourth-order valence-corrected chi connectivity index (χ4v) is 2.59. The van der Waals surface area contributed by atoms with E-state index in [4.69, 9.17) is 0 Å². The first-order chi connectivity index (χ1) is 10.2. The number of fused-ring (bicyclic) bond motifs is 1. The molecule has 0 N–H and O–H groups in total. The normalized spacial score (nSPS) is 12.8. The summed E-state index contributed by atoms with van der Waals surface area (Å²) in [6, 6.07) is 19.5. The van der Waals surface area contributed by atoms with E-state index in [1.54, 1.807) is 0 Å². The molecule has 0 amide bonds. The first-order valence-corrected chi connectivity index (χ1v) is 7.27. The number of benzene rings is 2. The zero-order chi connectivity index (χ0) is 14.8. The number of pyridine rings is 1. The molecule has 2 heteroatoms. The van der Waals surface area contributed by atoms with Crippen molar-refractivity contribution in [2.75, 3.05) is 14.1 Å². The molecule has 0 aliphatic rings. The summed E-state index contributed by atoms with van der Waals surface area (Å²) in [7, 11) is 4.21. The summed E-state index contributed by atoms with van der Waals surface area (Å²) in [6.45, 7) is 2.22. The molecule has 3 rings (SSSR count). The smallest absolute Gasteiger partial charge is 0.0780 e. The van der Waals surface area contributed by atoms with Crippen molar-refractivity contribution in [3.63, 3.8) is 0 Å². The average Bonchev–Trinajstić information content (AvgIpc) is 2.53. The van der Waals surface area contributed by atoms with Crippen molar-refractivity contribution in [2.24, 2.45) is 0 Å². The van der Waals surface area contributed by atoms with Crippen molar-refractivity contribution in [2.45, 2.75) is 13.0 Å². The van der Waals surface area contributed by atoms with Gasteiger partial charge in [0.15, 0.2) is 0 Å². The van der Waals surface area contributed by atoms with Crippen LogP contribution >= 0.6 is 0 Å². The van der Waals surface area contributed by atoms with Gasteiger partial charge in [-0.3, -0.25) is 4.98 Å². The number of rotatable bonds is 3. The second-order valence-electron chi connectivity index (χ2n) is 5.65. The predicted octanol–water partition coefficient (Wildman–Crippen LogP) is 4.52. The summed E-state index contributed by atoms with van der Waals surface area (Å²) < 4.78 is 0. The van der Waals surface area contributed by atoms with Gasteiger partial charge in [0.1, 0.15) is 0 Å². The molecule has 1 unspecified atom stereocenters. The van der Waals surface area contributed by atoms with Crippen molar-refractivity contribution >= 4 is 10.8 Å². The average molecular weight is 276 g/mol. The minimum Gasteiger partial charge on any atom is -0.303 e. The lowest BCUT2D eigenvalue weighted by Gasteiger charge is -2.20. The third-order valence-corrected chi connectivity index (χ3v) is 4.09.